The molecule has 1 aromatic heterocycles. The lowest BCUT2D eigenvalue weighted by Crippen LogP contribution is -2.52. The van der Waals surface area contributed by atoms with Gasteiger partial charge in [0.25, 0.3) is 0 Å². The molecule has 1 aromatic carbocycles. The highest BCUT2D eigenvalue weighted by atomic mass is 16.5. The van der Waals surface area contributed by atoms with E-state index in [1.165, 1.54) is 11.3 Å². The highest BCUT2D eigenvalue weighted by Gasteiger charge is 2.28. The molecule has 1 fully saturated rings. The summed E-state index contributed by atoms with van der Waals surface area (Å²) in [5.41, 5.74) is 3.54. The normalized spacial score (nSPS) is 18.5. The summed E-state index contributed by atoms with van der Waals surface area (Å²) >= 11 is 0. The fourth-order valence-electron chi connectivity index (χ4n) is 3.98. The number of ether oxygens (including phenoxy) is 1. The number of aliphatic hydroxyl groups is 1. The predicted octanol–water partition coefficient (Wildman–Crippen LogP) is 2.75. The van der Waals surface area contributed by atoms with Gasteiger partial charge in [-0.15, -0.1) is 0 Å². The Kier molecular flexibility index (Phi) is 7.48. The molecule has 0 unspecified atom stereocenters. The summed E-state index contributed by atoms with van der Waals surface area (Å²) in [6, 6.07) is 8.61. The molecule has 0 saturated carbocycles. The van der Waals surface area contributed by atoms with Gasteiger partial charge in [0.1, 0.15) is 11.6 Å². The second kappa shape index (κ2) is 10.0. The summed E-state index contributed by atoms with van der Waals surface area (Å²) in [5, 5.41) is 9.61. The van der Waals surface area contributed by atoms with Crippen molar-refractivity contribution in [2.45, 2.75) is 52.7 Å². The van der Waals surface area contributed by atoms with Crippen LogP contribution < -0.4 is 4.74 Å². The third kappa shape index (κ3) is 5.13. The Balaban J connectivity index is 1.66. The van der Waals surface area contributed by atoms with E-state index >= 15 is 0 Å². The number of benzene rings is 1. The minimum Gasteiger partial charge on any atom is -0.494 e. The van der Waals surface area contributed by atoms with Gasteiger partial charge >= 0.3 is 0 Å². The number of aromatic amines is 1. The molecule has 0 aliphatic carbocycles. The summed E-state index contributed by atoms with van der Waals surface area (Å²) in [4.78, 5) is 13.1. The molecule has 0 amide bonds. The van der Waals surface area contributed by atoms with Crippen molar-refractivity contribution in [1.82, 2.24) is 19.8 Å². The van der Waals surface area contributed by atoms with Crippen LogP contribution >= 0.6 is 0 Å². The van der Waals surface area contributed by atoms with Crippen molar-refractivity contribution >= 4 is 0 Å². The van der Waals surface area contributed by atoms with E-state index in [4.69, 9.17) is 9.72 Å². The fraction of sp³-hybridized carbons (Fsp3) is 0.591. The van der Waals surface area contributed by atoms with Gasteiger partial charge in [-0.2, -0.15) is 0 Å². The molecule has 0 spiro atoms. The zero-order chi connectivity index (χ0) is 19.9. The van der Waals surface area contributed by atoms with E-state index in [-0.39, 0.29) is 6.61 Å². The quantitative estimate of drug-likeness (QED) is 0.694. The smallest absolute Gasteiger partial charge is 0.123 e. The minimum absolute atomic E-state index is 0.212. The number of hydrogen-bond donors (Lipinski definition) is 2. The van der Waals surface area contributed by atoms with Crippen LogP contribution in [0.25, 0.3) is 0 Å². The number of H-pyrrole nitrogens is 1. The van der Waals surface area contributed by atoms with E-state index in [0.717, 1.165) is 62.8 Å². The van der Waals surface area contributed by atoms with Gasteiger partial charge in [0.05, 0.1) is 12.3 Å². The van der Waals surface area contributed by atoms with Crippen molar-refractivity contribution in [3.63, 3.8) is 0 Å². The number of aliphatic hydroxyl groups excluding tert-OH is 1. The molecule has 0 bridgehead atoms. The monoisotopic (exact) mass is 386 g/mol. The molecule has 2 N–H and O–H groups in total. The molecule has 1 atom stereocenters. The molecular weight excluding hydrogens is 352 g/mol. The Hall–Kier alpha value is -1.89. The van der Waals surface area contributed by atoms with E-state index in [9.17, 15) is 5.11 Å². The van der Waals surface area contributed by atoms with Crippen LogP contribution in [0.2, 0.25) is 0 Å². The number of nitrogens with one attached hydrogen (secondary N) is 1. The molecule has 6 nitrogen and oxygen atoms in total. The highest BCUT2D eigenvalue weighted by molar-refractivity contribution is 5.33. The highest BCUT2D eigenvalue weighted by Crippen LogP contribution is 2.24. The van der Waals surface area contributed by atoms with Gasteiger partial charge in [0.2, 0.25) is 0 Å². The van der Waals surface area contributed by atoms with Gasteiger partial charge in [-0.1, -0.05) is 25.1 Å². The number of nitrogens with zero attached hydrogens (tertiary/aromatic N) is 3. The fourth-order valence-corrected chi connectivity index (χ4v) is 3.98. The molecule has 154 valence electrons. The molecule has 0 radical (unpaired) electrons. The van der Waals surface area contributed by atoms with E-state index in [2.05, 4.69) is 40.8 Å². The molecule has 1 aliphatic heterocycles. The number of para-hydroxylation sites is 1. The second-order valence-corrected chi connectivity index (χ2v) is 7.52. The first-order valence-corrected chi connectivity index (χ1v) is 10.5. The Morgan fingerprint density at radius 2 is 2.04 bits per heavy atom. The summed E-state index contributed by atoms with van der Waals surface area (Å²) in [6.45, 7) is 11.8. The van der Waals surface area contributed by atoms with Crippen molar-refractivity contribution in [1.29, 1.82) is 0 Å². The number of aryl methyl sites for hydroxylation is 2. The molecule has 1 saturated heterocycles. The van der Waals surface area contributed by atoms with Crippen molar-refractivity contribution in [3.8, 4) is 5.75 Å². The Labute approximate surface area is 168 Å². The molecule has 2 heterocycles. The van der Waals surface area contributed by atoms with Crippen LogP contribution in [-0.2, 0) is 19.5 Å². The lowest BCUT2D eigenvalue weighted by Gasteiger charge is -2.41. The molecule has 6 heteroatoms. The zero-order valence-electron chi connectivity index (χ0n) is 17.4. The molecular formula is C22H34N4O2. The van der Waals surface area contributed by atoms with Crippen molar-refractivity contribution in [2.75, 3.05) is 32.8 Å². The van der Waals surface area contributed by atoms with Gasteiger partial charge in [0.15, 0.2) is 0 Å². The van der Waals surface area contributed by atoms with Crippen LogP contribution in [-0.4, -0.2) is 63.8 Å². The van der Waals surface area contributed by atoms with E-state index < -0.39 is 0 Å². The van der Waals surface area contributed by atoms with Gasteiger partial charge < -0.3 is 14.8 Å². The van der Waals surface area contributed by atoms with Crippen LogP contribution in [0.3, 0.4) is 0 Å². The standard InChI is InChI=1S/C22H34N4O2/c1-4-22-23-17(3)20(24-22)16-25-11-12-26(19(15-25)10-13-27)14-18-8-6-7-9-21(18)28-5-2/h6-9,19,27H,4-5,10-16H2,1-3H3,(H,23,24)/t19-/m1/s1. The Morgan fingerprint density at radius 3 is 2.75 bits per heavy atom. The van der Waals surface area contributed by atoms with Crippen molar-refractivity contribution in [3.05, 3.63) is 47.0 Å². The summed E-state index contributed by atoms with van der Waals surface area (Å²) in [5.74, 6) is 2.03. The van der Waals surface area contributed by atoms with Gasteiger partial charge in [-0.05, 0) is 26.3 Å². The maximum absolute atomic E-state index is 9.61. The van der Waals surface area contributed by atoms with Crippen LogP contribution in [0.4, 0.5) is 0 Å². The van der Waals surface area contributed by atoms with E-state index in [1.54, 1.807) is 0 Å². The molecule has 2 aromatic rings. The number of piperazine rings is 1. The molecule has 3 rings (SSSR count). The molecule has 1 aliphatic rings. The first-order valence-electron chi connectivity index (χ1n) is 10.5. The van der Waals surface area contributed by atoms with E-state index in [0.29, 0.717) is 12.6 Å². The van der Waals surface area contributed by atoms with Crippen LogP contribution in [0, 0.1) is 6.92 Å². The van der Waals surface area contributed by atoms with Gasteiger partial charge in [0, 0.05) is 63.1 Å². The number of hydrogen-bond acceptors (Lipinski definition) is 5. The maximum atomic E-state index is 9.61. The van der Waals surface area contributed by atoms with Crippen molar-refractivity contribution in [2.24, 2.45) is 0 Å². The van der Waals surface area contributed by atoms with Gasteiger partial charge in [-0.25, -0.2) is 4.98 Å². The number of imidazole rings is 1. The first-order chi connectivity index (χ1) is 13.6. The Bertz CT molecular complexity index is 746. The summed E-state index contributed by atoms with van der Waals surface area (Å²) in [6.07, 6.45) is 1.72. The number of aromatic nitrogens is 2. The topological polar surface area (TPSA) is 64.6 Å². The van der Waals surface area contributed by atoms with Crippen LogP contribution in [0.1, 0.15) is 43.0 Å². The van der Waals surface area contributed by atoms with Crippen LogP contribution in [0.15, 0.2) is 24.3 Å². The third-order valence-electron chi connectivity index (χ3n) is 5.54. The lowest BCUT2D eigenvalue weighted by molar-refractivity contribution is 0.0488. The predicted molar refractivity (Wildman–Crippen MR) is 111 cm³/mol. The third-order valence-corrected chi connectivity index (χ3v) is 5.54. The SMILES string of the molecule is CCOc1ccccc1CN1CCN(Cc2nc(CC)[nH]c2C)C[C@H]1CCO. The maximum Gasteiger partial charge on any atom is 0.123 e. The number of rotatable bonds is 9. The van der Waals surface area contributed by atoms with Crippen LogP contribution in [0.5, 0.6) is 5.75 Å². The van der Waals surface area contributed by atoms with Gasteiger partial charge in [-0.3, -0.25) is 9.80 Å². The zero-order valence-corrected chi connectivity index (χ0v) is 17.4. The summed E-state index contributed by atoms with van der Waals surface area (Å²) in [7, 11) is 0. The average molecular weight is 387 g/mol. The first kappa shape index (κ1) is 20.8. The second-order valence-electron chi connectivity index (χ2n) is 7.52. The molecule has 28 heavy (non-hydrogen) atoms. The van der Waals surface area contributed by atoms with E-state index in [1.807, 2.05) is 19.1 Å². The Morgan fingerprint density at radius 1 is 1.21 bits per heavy atom. The lowest BCUT2D eigenvalue weighted by atomic mass is 10.1. The largest absolute Gasteiger partial charge is 0.494 e. The van der Waals surface area contributed by atoms with Crippen molar-refractivity contribution < 1.29 is 9.84 Å². The minimum atomic E-state index is 0.212. The summed E-state index contributed by atoms with van der Waals surface area (Å²) < 4.78 is 5.80. The average Bonchev–Trinajstić information content (AvgIpc) is 3.05.